The molecule has 0 nitrogen and oxygen atoms in total. The number of fused-ring (bicyclic) bond motifs is 24. The van der Waals surface area contributed by atoms with Crippen LogP contribution < -0.4 is 0 Å². The second-order valence-electron chi connectivity index (χ2n) is 42.1. The molecule has 0 heteroatoms. The summed E-state index contributed by atoms with van der Waals surface area (Å²) in [4.78, 5) is 0. The quantitative estimate of drug-likeness (QED) is 0.126. The highest BCUT2D eigenvalue weighted by Crippen LogP contribution is 2.59. The summed E-state index contributed by atoms with van der Waals surface area (Å²) < 4.78 is 0. The van der Waals surface area contributed by atoms with Gasteiger partial charge in [0.2, 0.25) is 0 Å². The molecule has 0 unspecified atom stereocenters. The van der Waals surface area contributed by atoms with Crippen LogP contribution in [-0.4, -0.2) is 0 Å². The summed E-state index contributed by atoms with van der Waals surface area (Å²) in [5.41, 5.74) is 39.2. The Hall–Kier alpha value is -17.9. The Labute approximate surface area is 857 Å². The van der Waals surface area contributed by atoms with E-state index in [4.69, 9.17) is 0 Å². The minimum Gasteiger partial charge on any atom is -0.0616 e. The van der Waals surface area contributed by atoms with Gasteiger partial charge in [-0.2, -0.15) is 0 Å². The Morgan fingerprint density at radius 3 is 0.707 bits per heavy atom. The monoisotopic (exact) mass is 1870 g/mol. The van der Waals surface area contributed by atoms with Crippen molar-refractivity contribution in [3.05, 3.63) is 543 Å². The summed E-state index contributed by atoms with van der Waals surface area (Å²) in [6.07, 6.45) is 0. The van der Waals surface area contributed by atoms with E-state index in [9.17, 15) is 0 Å². The summed E-state index contributed by atoms with van der Waals surface area (Å²) in [7, 11) is 0. The average molecular weight is 1870 g/mol. The van der Waals surface area contributed by atoms with Gasteiger partial charge in [-0.25, -0.2) is 0 Å². The number of rotatable bonds is 9. The Bertz CT molecular complexity index is 10000. The van der Waals surface area contributed by atoms with E-state index in [1.807, 2.05) is 0 Å². The van der Waals surface area contributed by atoms with Gasteiger partial charge in [-0.15, -0.1) is 0 Å². The minimum absolute atomic E-state index is 0.0600. The molecule has 0 heterocycles. The molecular formula is C147H102. The van der Waals surface area contributed by atoms with Crippen LogP contribution in [0, 0.1) is 0 Å². The molecular weight excluding hydrogens is 1770 g/mol. The second-order valence-corrected chi connectivity index (χ2v) is 42.1. The van der Waals surface area contributed by atoms with Gasteiger partial charge in [0.1, 0.15) is 0 Å². The maximum absolute atomic E-state index is 2.45. The van der Waals surface area contributed by atoms with Crippen LogP contribution in [0.3, 0.4) is 0 Å². The van der Waals surface area contributed by atoms with Crippen molar-refractivity contribution >= 4 is 129 Å². The van der Waals surface area contributed by atoms with Gasteiger partial charge in [0, 0.05) is 16.2 Å². The molecule has 0 saturated carbocycles. The maximum Gasteiger partial charge on any atom is 0.0165 e. The van der Waals surface area contributed by atoms with E-state index in [-0.39, 0.29) is 16.2 Å². The molecule has 0 atom stereocenters. The lowest BCUT2D eigenvalue weighted by molar-refractivity contribution is 0.661. The second kappa shape index (κ2) is 34.1. The third kappa shape index (κ3) is 13.8. The van der Waals surface area contributed by atoms with Crippen LogP contribution in [0.25, 0.3) is 263 Å². The first-order valence-corrected chi connectivity index (χ1v) is 51.8. The zero-order chi connectivity index (χ0) is 98.1. The van der Waals surface area contributed by atoms with Gasteiger partial charge in [-0.3, -0.25) is 0 Å². The molecule has 27 aromatic carbocycles. The molecule has 0 bridgehead atoms. The molecule has 0 spiro atoms. The van der Waals surface area contributed by atoms with Crippen molar-refractivity contribution < 1.29 is 0 Å². The highest BCUT2D eigenvalue weighted by atomic mass is 14.4. The van der Waals surface area contributed by atoms with Crippen molar-refractivity contribution in [2.75, 3.05) is 0 Å². The summed E-state index contributed by atoms with van der Waals surface area (Å²) in [5.74, 6) is 0. The van der Waals surface area contributed by atoms with Crippen LogP contribution in [0.1, 0.15) is 74.9 Å². The minimum atomic E-state index is -0.0942. The van der Waals surface area contributed by atoms with Crippen molar-refractivity contribution in [1.29, 1.82) is 0 Å². The van der Waals surface area contributed by atoms with Crippen LogP contribution in [0.2, 0.25) is 0 Å². The number of hydrogen-bond donors (Lipinski definition) is 0. The molecule has 0 radical (unpaired) electrons. The average Bonchev–Trinajstić information content (AvgIpc) is 1.54. The molecule has 3 aliphatic carbocycles. The van der Waals surface area contributed by atoms with Gasteiger partial charge in [-0.05, 0) is 333 Å². The predicted octanol–water partition coefficient (Wildman–Crippen LogP) is 40.8. The fraction of sp³-hybridized carbons (Fsp3) is 0.0612. The normalized spacial score (nSPS) is 13.3. The lowest BCUT2D eigenvalue weighted by Crippen LogP contribution is -2.15. The lowest BCUT2D eigenvalue weighted by atomic mass is 9.79. The highest BCUT2D eigenvalue weighted by Gasteiger charge is 2.41. The number of hydrogen-bond acceptors (Lipinski definition) is 0. The van der Waals surface area contributed by atoms with E-state index < -0.39 is 0 Å². The molecule has 0 amide bonds. The third-order valence-corrected chi connectivity index (χ3v) is 33.1. The van der Waals surface area contributed by atoms with Gasteiger partial charge in [0.05, 0.1) is 0 Å². The molecule has 0 fully saturated rings. The summed E-state index contributed by atoms with van der Waals surface area (Å²) in [6, 6.07) is 189. The topological polar surface area (TPSA) is 0 Å². The van der Waals surface area contributed by atoms with Crippen LogP contribution in [-0.2, 0) is 16.2 Å². The highest BCUT2D eigenvalue weighted by molar-refractivity contribution is 6.28. The molecule has 0 saturated heterocycles. The summed E-state index contributed by atoms with van der Waals surface area (Å²) >= 11 is 0. The molecule has 0 aliphatic heterocycles. The first kappa shape index (κ1) is 86.9. The first-order valence-electron chi connectivity index (χ1n) is 51.8. The van der Waals surface area contributed by atoms with Gasteiger partial charge in [0.25, 0.3) is 0 Å². The summed E-state index contributed by atoms with van der Waals surface area (Å²) in [6.45, 7) is 14.3. The molecule has 0 aromatic heterocycles. The van der Waals surface area contributed by atoms with Crippen LogP contribution >= 0.6 is 0 Å². The standard InChI is InChI=1S/3C49H34/c1-49(2)45-30-34(26-27-38(45)44-28-25-32-14-4-6-19-37(32)48(44)49)33-16-11-17-35(29-33)46-40-20-7-9-22-42(40)47(43-23-10-8-21-41(43)46)39-24-12-15-31-13-3-5-18-36(31)39;1-49(2)44-28-26-32-14-4-6-19-37(32)48(44)43-27-25-34(30-45(43)49)33-16-11-17-35(29-33)46-39-20-7-9-22-41(39)47(42-23-10-8-21-40(42)46)38-24-12-15-31-13-3-5-18-36(31)38;1-49(2)45-28-26-34(30-44(45)43-27-25-32-14-4-6-19-37(32)48(43)49)33-16-11-17-35(29-33)46-39-20-7-9-22-41(39)47(42-23-10-8-21-40(42)46)38-24-12-15-31-13-3-5-18-36(31)38/h3*3-30H,1-2H3. The molecule has 0 N–H and O–H groups in total. The zero-order valence-corrected chi connectivity index (χ0v) is 83.0. The van der Waals surface area contributed by atoms with E-state index in [2.05, 4.69) is 551 Å². The zero-order valence-electron chi connectivity index (χ0n) is 83.0. The third-order valence-electron chi connectivity index (χ3n) is 33.1. The van der Waals surface area contributed by atoms with E-state index in [0.29, 0.717) is 0 Å². The van der Waals surface area contributed by atoms with E-state index in [1.54, 1.807) is 0 Å². The van der Waals surface area contributed by atoms with E-state index in [1.165, 1.54) is 296 Å². The Morgan fingerprint density at radius 2 is 0.340 bits per heavy atom. The van der Waals surface area contributed by atoms with Gasteiger partial charge < -0.3 is 0 Å². The summed E-state index contributed by atoms with van der Waals surface area (Å²) in [5, 5.41) is 30.9. The SMILES string of the molecule is CC1(C)c2cc(-c3cccc(-c4c5ccccc5c(-c5cccc6ccccc56)c5ccccc45)c3)ccc2-c2c1ccc1ccccc21.CC1(C)c2cc(-c3cccc(-c4c5ccccc5c(-c5cccc6ccccc56)c5ccccc45)c3)ccc2-c2ccc3ccccc3c21.CC1(C)c2ccc(-c3cccc(-c4c5ccccc5c(-c5cccc6ccccc56)c5ccccc45)c3)cc2-c2ccc3ccccc3c21. The van der Waals surface area contributed by atoms with Gasteiger partial charge >= 0.3 is 0 Å². The predicted molar refractivity (Wildman–Crippen MR) is 631 cm³/mol. The first-order chi connectivity index (χ1) is 72.2. The molecule has 27 aromatic rings. The van der Waals surface area contributed by atoms with Crippen LogP contribution in [0.5, 0.6) is 0 Å². The van der Waals surface area contributed by atoms with Crippen molar-refractivity contribution in [2.24, 2.45) is 0 Å². The molecule has 147 heavy (non-hydrogen) atoms. The Balaban J connectivity index is 0.000000107. The van der Waals surface area contributed by atoms with Crippen molar-refractivity contribution in [3.63, 3.8) is 0 Å². The Morgan fingerprint density at radius 1 is 0.109 bits per heavy atom. The van der Waals surface area contributed by atoms with E-state index >= 15 is 0 Å². The largest absolute Gasteiger partial charge is 0.0616 e. The van der Waals surface area contributed by atoms with Crippen molar-refractivity contribution in [1.82, 2.24) is 0 Å². The molecule has 690 valence electrons. The Kier molecular flexibility index (Phi) is 20.2. The molecule has 3 aliphatic rings. The number of benzene rings is 27. The molecule has 30 rings (SSSR count). The lowest BCUT2D eigenvalue weighted by Gasteiger charge is -2.23. The smallest absolute Gasteiger partial charge is 0.0165 e. The maximum atomic E-state index is 2.45. The van der Waals surface area contributed by atoms with Crippen LogP contribution in [0.15, 0.2) is 510 Å². The fourth-order valence-electron chi connectivity index (χ4n) is 26.3. The van der Waals surface area contributed by atoms with Crippen molar-refractivity contribution in [2.45, 2.75) is 57.8 Å². The van der Waals surface area contributed by atoms with Crippen molar-refractivity contribution in [3.8, 4) is 134 Å². The van der Waals surface area contributed by atoms with E-state index in [0.717, 1.165) is 0 Å². The fourth-order valence-corrected chi connectivity index (χ4v) is 26.3. The van der Waals surface area contributed by atoms with Gasteiger partial charge in [-0.1, -0.05) is 515 Å². The van der Waals surface area contributed by atoms with Crippen LogP contribution in [0.4, 0.5) is 0 Å². The van der Waals surface area contributed by atoms with Gasteiger partial charge in [0.15, 0.2) is 0 Å².